The SMILES string of the molecule is CC(C)NC(CCN(C)C(C)C(C)C)C(=O)O. The van der Waals surface area contributed by atoms with Crippen LogP contribution in [-0.2, 0) is 4.79 Å². The molecule has 0 aliphatic carbocycles. The molecule has 0 aliphatic heterocycles. The fourth-order valence-corrected chi connectivity index (χ4v) is 1.73. The van der Waals surface area contributed by atoms with Crippen molar-refractivity contribution in [3.63, 3.8) is 0 Å². The van der Waals surface area contributed by atoms with Crippen molar-refractivity contribution >= 4 is 5.97 Å². The molecule has 4 heteroatoms. The summed E-state index contributed by atoms with van der Waals surface area (Å²) in [5, 5.41) is 12.2. The zero-order valence-corrected chi connectivity index (χ0v) is 12.0. The van der Waals surface area contributed by atoms with Crippen molar-refractivity contribution in [2.75, 3.05) is 13.6 Å². The largest absolute Gasteiger partial charge is 0.480 e. The van der Waals surface area contributed by atoms with Gasteiger partial charge in [0.15, 0.2) is 0 Å². The quantitative estimate of drug-likeness (QED) is 0.683. The molecule has 0 rings (SSSR count). The van der Waals surface area contributed by atoms with E-state index in [1.54, 1.807) is 0 Å². The Morgan fingerprint density at radius 3 is 2.12 bits per heavy atom. The molecule has 0 saturated heterocycles. The van der Waals surface area contributed by atoms with Crippen LogP contribution in [0.1, 0.15) is 41.0 Å². The van der Waals surface area contributed by atoms with Crippen LogP contribution in [-0.4, -0.2) is 47.7 Å². The summed E-state index contributed by atoms with van der Waals surface area (Å²) in [5.41, 5.74) is 0. The molecular weight excluding hydrogens is 216 g/mol. The van der Waals surface area contributed by atoms with Crippen LogP contribution in [0.3, 0.4) is 0 Å². The highest BCUT2D eigenvalue weighted by molar-refractivity contribution is 5.73. The maximum absolute atomic E-state index is 11.1. The minimum atomic E-state index is -0.760. The molecule has 102 valence electrons. The van der Waals surface area contributed by atoms with Gasteiger partial charge in [0.2, 0.25) is 0 Å². The standard InChI is InChI=1S/C13H28N2O2/c1-9(2)11(5)15(6)8-7-12(13(16)17)14-10(3)4/h9-12,14H,7-8H2,1-6H3,(H,16,17). The minimum absolute atomic E-state index is 0.198. The molecule has 0 aromatic rings. The molecule has 2 N–H and O–H groups in total. The summed E-state index contributed by atoms with van der Waals surface area (Å²) in [6, 6.07) is 0.226. The Hall–Kier alpha value is -0.610. The van der Waals surface area contributed by atoms with Gasteiger partial charge in [0.05, 0.1) is 0 Å². The van der Waals surface area contributed by atoms with Gasteiger partial charge in [-0.1, -0.05) is 27.7 Å². The van der Waals surface area contributed by atoms with Crippen molar-refractivity contribution in [2.45, 2.75) is 59.2 Å². The van der Waals surface area contributed by atoms with Crippen LogP contribution in [0.25, 0.3) is 0 Å². The fraction of sp³-hybridized carbons (Fsp3) is 0.923. The first-order valence-corrected chi connectivity index (χ1v) is 6.44. The van der Waals surface area contributed by atoms with Crippen LogP contribution in [0.15, 0.2) is 0 Å². The summed E-state index contributed by atoms with van der Waals surface area (Å²) in [6.07, 6.45) is 0.640. The lowest BCUT2D eigenvalue weighted by atomic mass is 10.0. The van der Waals surface area contributed by atoms with E-state index in [1.165, 1.54) is 0 Å². The molecule has 2 unspecified atom stereocenters. The first-order valence-electron chi connectivity index (χ1n) is 6.44. The second-order valence-electron chi connectivity index (χ2n) is 5.47. The first kappa shape index (κ1) is 16.4. The highest BCUT2D eigenvalue weighted by atomic mass is 16.4. The summed E-state index contributed by atoms with van der Waals surface area (Å²) in [6.45, 7) is 11.3. The van der Waals surface area contributed by atoms with Crippen molar-refractivity contribution in [2.24, 2.45) is 5.92 Å². The normalized spacial score (nSPS) is 15.6. The first-order chi connectivity index (χ1) is 7.75. The smallest absolute Gasteiger partial charge is 0.320 e. The number of carboxylic acid groups (broad SMARTS) is 1. The highest BCUT2D eigenvalue weighted by Crippen LogP contribution is 2.09. The van der Waals surface area contributed by atoms with Crippen molar-refractivity contribution in [3.8, 4) is 0 Å². The van der Waals surface area contributed by atoms with E-state index in [1.807, 2.05) is 13.8 Å². The lowest BCUT2D eigenvalue weighted by Gasteiger charge is -2.29. The van der Waals surface area contributed by atoms with Gasteiger partial charge in [-0.15, -0.1) is 0 Å². The van der Waals surface area contributed by atoms with Crippen LogP contribution >= 0.6 is 0 Å². The second kappa shape index (κ2) is 7.67. The molecule has 0 spiro atoms. The molecule has 2 atom stereocenters. The zero-order chi connectivity index (χ0) is 13.6. The molecule has 0 aromatic heterocycles. The van der Waals surface area contributed by atoms with Crippen LogP contribution < -0.4 is 5.32 Å². The minimum Gasteiger partial charge on any atom is -0.480 e. The second-order valence-corrected chi connectivity index (χ2v) is 5.47. The van der Waals surface area contributed by atoms with Gasteiger partial charge >= 0.3 is 5.97 Å². The molecule has 4 nitrogen and oxygen atoms in total. The van der Waals surface area contributed by atoms with Gasteiger partial charge < -0.3 is 15.3 Å². The van der Waals surface area contributed by atoms with Crippen molar-refractivity contribution < 1.29 is 9.90 Å². The number of carbonyl (C=O) groups is 1. The fourth-order valence-electron chi connectivity index (χ4n) is 1.73. The van der Waals surface area contributed by atoms with E-state index >= 15 is 0 Å². The molecule has 0 heterocycles. The summed E-state index contributed by atoms with van der Waals surface area (Å²) in [5.74, 6) is -0.175. The molecule has 0 aromatic carbocycles. The van der Waals surface area contributed by atoms with Gasteiger partial charge in [-0.25, -0.2) is 0 Å². The topological polar surface area (TPSA) is 52.6 Å². The molecule has 0 saturated carbocycles. The van der Waals surface area contributed by atoms with Crippen LogP contribution in [0.5, 0.6) is 0 Å². The van der Waals surface area contributed by atoms with Gasteiger partial charge in [-0.05, 0) is 26.3 Å². The van der Waals surface area contributed by atoms with Gasteiger partial charge in [-0.2, -0.15) is 0 Å². The average molecular weight is 244 g/mol. The number of rotatable bonds is 8. The van der Waals surface area contributed by atoms with E-state index in [0.717, 1.165) is 6.54 Å². The monoisotopic (exact) mass is 244 g/mol. The van der Waals surface area contributed by atoms with Crippen molar-refractivity contribution in [3.05, 3.63) is 0 Å². The molecule has 0 aliphatic rings. The molecular formula is C13H28N2O2. The van der Waals surface area contributed by atoms with Gasteiger partial charge in [-0.3, -0.25) is 4.79 Å². The van der Waals surface area contributed by atoms with E-state index in [0.29, 0.717) is 18.4 Å². The van der Waals surface area contributed by atoms with E-state index in [2.05, 4.69) is 38.0 Å². The maximum Gasteiger partial charge on any atom is 0.320 e. The molecule has 0 amide bonds. The third-order valence-corrected chi connectivity index (χ3v) is 3.26. The number of hydrogen-bond donors (Lipinski definition) is 2. The third kappa shape index (κ3) is 6.64. The van der Waals surface area contributed by atoms with Crippen molar-refractivity contribution in [1.82, 2.24) is 10.2 Å². The highest BCUT2D eigenvalue weighted by Gasteiger charge is 2.20. The maximum atomic E-state index is 11.1. The summed E-state index contributed by atoms with van der Waals surface area (Å²) in [7, 11) is 2.05. The Morgan fingerprint density at radius 2 is 1.76 bits per heavy atom. The Labute approximate surface area is 105 Å². The van der Waals surface area contributed by atoms with Gasteiger partial charge in [0.1, 0.15) is 6.04 Å². The average Bonchev–Trinajstić information content (AvgIpc) is 2.21. The van der Waals surface area contributed by atoms with Gasteiger partial charge in [0, 0.05) is 18.6 Å². The zero-order valence-electron chi connectivity index (χ0n) is 12.0. The van der Waals surface area contributed by atoms with Crippen molar-refractivity contribution in [1.29, 1.82) is 0 Å². The Morgan fingerprint density at radius 1 is 1.24 bits per heavy atom. The number of nitrogens with zero attached hydrogens (tertiary/aromatic N) is 1. The summed E-state index contributed by atoms with van der Waals surface area (Å²) < 4.78 is 0. The molecule has 0 radical (unpaired) electrons. The number of carboxylic acids is 1. The Balaban J connectivity index is 4.17. The predicted molar refractivity (Wildman–Crippen MR) is 71.2 cm³/mol. The van der Waals surface area contributed by atoms with E-state index in [-0.39, 0.29) is 6.04 Å². The predicted octanol–water partition coefficient (Wildman–Crippen LogP) is 1.80. The number of nitrogens with one attached hydrogen (secondary N) is 1. The van der Waals surface area contributed by atoms with Gasteiger partial charge in [0.25, 0.3) is 0 Å². The van der Waals surface area contributed by atoms with E-state index < -0.39 is 12.0 Å². The van der Waals surface area contributed by atoms with Crippen LogP contribution in [0, 0.1) is 5.92 Å². The Bertz CT molecular complexity index is 229. The Kier molecular flexibility index (Phi) is 7.39. The lowest BCUT2D eigenvalue weighted by molar-refractivity contribution is -0.140. The molecule has 0 fully saturated rings. The summed E-state index contributed by atoms with van der Waals surface area (Å²) >= 11 is 0. The van der Waals surface area contributed by atoms with Crippen LogP contribution in [0.4, 0.5) is 0 Å². The van der Waals surface area contributed by atoms with E-state index in [9.17, 15) is 4.79 Å². The number of aliphatic carboxylic acids is 1. The third-order valence-electron chi connectivity index (χ3n) is 3.26. The van der Waals surface area contributed by atoms with E-state index in [4.69, 9.17) is 5.11 Å². The van der Waals surface area contributed by atoms with Crippen LogP contribution in [0.2, 0.25) is 0 Å². The number of hydrogen-bond acceptors (Lipinski definition) is 3. The summed E-state index contributed by atoms with van der Waals surface area (Å²) in [4.78, 5) is 13.3. The molecule has 0 bridgehead atoms. The lowest BCUT2D eigenvalue weighted by Crippen LogP contribution is -2.44. The molecule has 17 heavy (non-hydrogen) atoms.